The average Bonchev–Trinajstić information content (AvgIpc) is 3.07. The van der Waals surface area contributed by atoms with E-state index < -0.39 is 6.09 Å². The minimum atomic E-state index is -0.407. The van der Waals surface area contributed by atoms with Crippen molar-refractivity contribution in [3.8, 4) is 6.07 Å². The van der Waals surface area contributed by atoms with Crippen LogP contribution in [0.5, 0.6) is 0 Å². The van der Waals surface area contributed by atoms with Gasteiger partial charge in [-0.1, -0.05) is 6.07 Å². The molecule has 2 N–H and O–H groups in total. The summed E-state index contributed by atoms with van der Waals surface area (Å²) in [5.74, 6) is -0.0793. The van der Waals surface area contributed by atoms with Crippen molar-refractivity contribution in [2.45, 2.75) is 26.2 Å². The molecule has 0 spiro atoms. The molecule has 0 fully saturated rings. The van der Waals surface area contributed by atoms with Crippen LogP contribution in [0, 0.1) is 17.2 Å². The second-order valence-corrected chi connectivity index (χ2v) is 7.77. The molecule has 0 radical (unpaired) electrons. The Kier molecular flexibility index (Phi) is 6.98. The van der Waals surface area contributed by atoms with Crippen LogP contribution in [0.25, 0.3) is 6.08 Å². The minimum Gasteiger partial charge on any atom is -0.449 e. The summed E-state index contributed by atoms with van der Waals surface area (Å²) in [4.78, 5) is 28.8. The lowest BCUT2D eigenvalue weighted by atomic mass is 9.88. The van der Waals surface area contributed by atoms with Crippen LogP contribution in [0.15, 0.2) is 30.6 Å². The molecule has 1 atom stereocenters. The number of hydrogen-bond donors (Lipinski definition) is 2. The molecule has 0 unspecified atom stereocenters. The topological polar surface area (TPSA) is 104 Å². The maximum atomic E-state index is 12.3. The lowest BCUT2D eigenvalue weighted by Gasteiger charge is -2.21. The summed E-state index contributed by atoms with van der Waals surface area (Å²) in [6.07, 6.45) is 8.34. The fourth-order valence-electron chi connectivity index (χ4n) is 3.19. The second kappa shape index (κ2) is 9.85. The lowest BCUT2D eigenvalue weighted by Crippen LogP contribution is -2.27. The zero-order valence-corrected chi connectivity index (χ0v) is 16.9. The number of nitriles is 1. The van der Waals surface area contributed by atoms with Crippen molar-refractivity contribution in [1.29, 1.82) is 5.26 Å². The Hall–Kier alpha value is -3.18. The Morgan fingerprint density at radius 2 is 2.34 bits per heavy atom. The van der Waals surface area contributed by atoms with Crippen LogP contribution in [0.2, 0.25) is 0 Å². The van der Waals surface area contributed by atoms with E-state index in [1.807, 2.05) is 13.0 Å². The number of pyridine rings is 1. The number of carbonyl (C=O) groups is 2. The van der Waals surface area contributed by atoms with Gasteiger partial charge in [0.15, 0.2) is 0 Å². The third-order valence-corrected chi connectivity index (χ3v) is 5.77. The summed E-state index contributed by atoms with van der Waals surface area (Å²) >= 11 is 1.43. The van der Waals surface area contributed by atoms with Gasteiger partial charge in [0, 0.05) is 29.9 Å². The number of thiophene rings is 1. The number of nitrogens with one attached hydrogen (secondary N) is 2. The Balaban J connectivity index is 1.65. The maximum absolute atomic E-state index is 12.3. The highest BCUT2D eigenvalue weighted by molar-refractivity contribution is 7.16. The van der Waals surface area contributed by atoms with Crippen LogP contribution < -0.4 is 10.6 Å². The number of fused-ring (bicyclic) bond motifs is 1. The van der Waals surface area contributed by atoms with Crippen molar-refractivity contribution in [3.63, 3.8) is 0 Å². The van der Waals surface area contributed by atoms with Gasteiger partial charge in [0.1, 0.15) is 11.1 Å². The molecule has 0 saturated carbocycles. The highest BCUT2D eigenvalue weighted by Crippen LogP contribution is 2.39. The summed E-state index contributed by atoms with van der Waals surface area (Å²) < 4.78 is 5.24. The van der Waals surface area contributed by atoms with Crippen molar-refractivity contribution in [1.82, 2.24) is 10.3 Å². The van der Waals surface area contributed by atoms with Crippen molar-refractivity contribution in [2.24, 2.45) is 5.92 Å². The van der Waals surface area contributed by atoms with Gasteiger partial charge in [-0.25, -0.2) is 4.79 Å². The zero-order chi connectivity index (χ0) is 20.6. The van der Waals surface area contributed by atoms with Gasteiger partial charge < -0.3 is 15.4 Å². The van der Waals surface area contributed by atoms with Gasteiger partial charge in [-0.15, -0.1) is 11.3 Å². The predicted molar refractivity (Wildman–Crippen MR) is 111 cm³/mol. The number of amides is 2. The van der Waals surface area contributed by atoms with Gasteiger partial charge in [0.05, 0.1) is 12.2 Å². The molecule has 8 heteroatoms. The molecule has 2 aromatic heterocycles. The molecule has 1 aliphatic carbocycles. The molecule has 150 valence electrons. The van der Waals surface area contributed by atoms with Crippen molar-refractivity contribution >= 4 is 34.4 Å². The summed E-state index contributed by atoms with van der Waals surface area (Å²) in [6.45, 7) is 2.72. The number of nitrogens with zero attached hydrogens (tertiary/aromatic N) is 2. The van der Waals surface area contributed by atoms with Crippen LogP contribution in [0.3, 0.4) is 0 Å². The van der Waals surface area contributed by atoms with Crippen molar-refractivity contribution in [3.05, 3.63) is 52.2 Å². The third-order valence-electron chi connectivity index (χ3n) is 4.60. The van der Waals surface area contributed by atoms with Gasteiger partial charge in [-0.05, 0) is 55.4 Å². The first kappa shape index (κ1) is 20.6. The molecule has 2 heterocycles. The van der Waals surface area contributed by atoms with Gasteiger partial charge in [-0.2, -0.15) is 5.26 Å². The van der Waals surface area contributed by atoms with E-state index in [4.69, 9.17) is 4.74 Å². The van der Waals surface area contributed by atoms with Crippen molar-refractivity contribution < 1.29 is 14.3 Å². The number of aromatic nitrogens is 1. The number of alkyl carbamates (subject to hydrolysis) is 1. The third kappa shape index (κ3) is 5.42. The number of anilines is 1. The number of ether oxygens (including phenoxy) is 1. The van der Waals surface area contributed by atoms with E-state index in [9.17, 15) is 14.9 Å². The molecule has 0 aromatic carbocycles. The summed E-state index contributed by atoms with van der Waals surface area (Å²) in [5.41, 5.74) is 2.36. The molecule has 2 aromatic rings. The maximum Gasteiger partial charge on any atom is 0.407 e. The number of hydrogen-bond acceptors (Lipinski definition) is 6. The van der Waals surface area contributed by atoms with E-state index in [0.29, 0.717) is 23.7 Å². The number of carbonyl (C=O) groups excluding carboxylic acids is 2. The molecule has 0 aliphatic heterocycles. The Morgan fingerprint density at radius 1 is 1.48 bits per heavy atom. The zero-order valence-electron chi connectivity index (χ0n) is 16.1. The van der Waals surface area contributed by atoms with E-state index in [1.165, 1.54) is 17.4 Å². The molecular weight excluding hydrogens is 388 g/mol. The SMILES string of the molecule is CCNC(=O)OC[C@H]1CCc2c(sc(NC(=O)C=Cc3cccnc3)c2C#N)C1. The van der Waals surface area contributed by atoms with E-state index in [-0.39, 0.29) is 11.8 Å². The van der Waals surface area contributed by atoms with E-state index in [0.717, 1.165) is 35.3 Å². The largest absolute Gasteiger partial charge is 0.449 e. The van der Waals surface area contributed by atoms with Gasteiger partial charge in [-0.3, -0.25) is 9.78 Å². The smallest absolute Gasteiger partial charge is 0.407 e. The van der Waals surface area contributed by atoms with E-state index in [2.05, 4.69) is 21.7 Å². The number of rotatable bonds is 6. The van der Waals surface area contributed by atoms with Crippen LogP contribution in [0.1, 0.15) is 34.9 Å². The molecule has 7 nitrogen and oxygen atoms in total. The monoisotopic (exact) mass is 410 g/mol. The van der Waals surface area contributed by atoms with Crippen LogP contribution in [0.4, 0.5) is 9.80 Å². The Bertz CT molecular complexity index is 947. The molecular formula is C21H22N4O3S. The average molecular weight is 410 g/mol. The summed E-state index contributed by atoms with van der Waals surface area (Å²) in [5, 5.41) is 15.6. The van der Waals surface area contributed by atoms with Gasteiger partial charge in [0.2, 0.25) is 5.91 Å². The molecule has 0 saturated heterocycles. The quantitative estimate of drug-likeness (QED) is 0.709. The minimum absolute atomic E-state index is 0.212. The standard InChI is InChI=1S/C21H22N4O3S/c1-2-24-21(27)28-13-15-5-7-16-17(11-22)20(29-18(16)10-15)25-19(26)8-6-14-4-3-9-23-12-14/h3-4,6,8-9,12,15H,2,5,7,10,13H2,1H3,(H,24,27)(H,25,26)/t15-/m0/s1. The van der Waals surface area contributed by atoms with E-state index >= 15 is 0 Å². The molecule has 3 rings (SSSR count). The van der Waals surface area contributed by atoms with Crippen molar-refractivity contribution in [2.75, 3.05) is 18.5 Å². The molecule has 29 heavy (non-hydrogen) atoms. The fourth-order valence-corrected chi connectivity index (χ4v) is 4.51. The first-order chi connectivity index (χ1) is 14.1. The highest BCUT2D eigenvalue weighted by atomic mass is 32.1. The first-order valence-electron chi connectivity index (χ1n) is 9.45. The second-order valence-electron chi connectivity index (χ2n) is 6.67. The Labute approximate surface area is 173 Å². The lowest BCUT2D eigenvalue weighted by molar-refractivity contribution is -0.111. The van der Waals surface area contributed by atoms with Gasteiger partial charge >= 0.3 is 6.09 Å². The molecule has 0 bridgehead atoms. The van der Waals surface area contributed by atoms with Crippen LogP contribution in [-0.2, 0) is 22.4 Å². The summed E-state index contributed by atoms with van der Waals surface area (Å²) in [6, 6.07) is 5.88. The van der Waals surface area contributed by atoms with Crippen LogP contribution >= 0.6 is 11.3 Å². The first-order valence-corrected chi connectivity index (χ1v) is 10.3. The molecule has 1 aliphatic rings. The normalized spacial score (nSPS) is 15.4. The Morgan fingerprint density at radius 3 is 3.07 bits per heavy atom. The summed E-state index contributed by atoms with van der Waals surface area (Å²) in [7, 11) is 0. The molecule has 2 amide bonds. The van der Waals surface area contributed by atoms with Crippen LogP contribution in [-0.4, -0.2) is 30.1 Å². The predicted octanol–water partition coefficient (Wildman–Crippen LogP) is 3.52. The fraction of sp³-hybridized carbons (Fsp3) is 0.333. The van der Waals surface area contributed by atoms with E-state index in [1.54, 1.807) is 24.5 Å². The highest BCUT2D eigenvalue weighted by Gasteiger charge is 2.27. The van der Waals surface area contributed by atoms with Gasteiger partial charge in [0.25, 0.3) is 0 Å².